The molecule has 11 heavy (non-hydrogen) atoms. The highest BCUT2D eigenvalue weighted by Gasteiger charge is 2.44. The molecule has 0 heterocycles. The SMILES string of the molecule is CNS(=O)(=O)NC1(CN)CC1. The largest absolute Gasteiger partial charge is 0.329 e. The van der Waals surface area contributed by atoms with Crippen LogP contribution in [0.25, 0.3) is 0 Å². The molecule has 1 aliphatic carbocycles. The average Bonchev–Trinajstić information content (AvgIpc) is 2.69. The molecule has 0 aromatic heterocycles. The molecule has 0 spiro atoms. The molecule has 5 nitrogen and oxygen atoms in total. The van der Waals surface area contributed by atoms with Crippen molar-refractivity contribution in [3.63, 3.8) is 0 Å². The first-order valence-electron chi connectivity index (χ1n) is 3.46. The van der Waals surface area contributed by atoms with E-state index in [2.05, 4.69) is 9.44 Å². The highest BCUT2D eigenvalue weighted by Crippen LogP contribution is 2.34. The van der Waals surface area contributed by atoms with Gasteiger partial charge >= 0.3 is 0 Å². The molecule has 0 atom stereocenters. The summed E-state index contributed by atoms with van der Waals surface area (Å²) in [5, 5.41) is 0. The quantitative estimate of drug-likeness (QED) is 0.492. The number of nitrogens with two attached hydrogens (primary N) is 1. The molecule has 0 aliphatic heterocycles. The predicted molar refractivity (Wildman–Crippen MR) is 42.1 cm³/mol. The maximum absolute atomic E-state index is 10.9. The van der Waals surface area contributed by atoms with Gasteiger partial charge < -0.3 is 5.73 Å². The van der Waals surface area contributed by atoms with Crippen LogP contribution in [-0.2, 0) is 10.2 Å². The fourth-order valence-electron chi connectivity index (χ4n) is 0.835. The van der Waals surface area contributed by atoms with E-state index in [9.17, 15) is 8.42 Å². The van der Waals surface area contributed by atoms with Crippen LogP contribution in [0, 0.1) is 0 Å². The van der Waals surface area contributed by atoms with Gasteiger partial charge in [-0.25, -0.2) is 4.72 Å². The van der Waals surface area contributed by atoms with Gasteiger partial charge in [0.05, 0.1) is 0 Å². The summed E-state index contributed by atoms with van der Waals surface area (Å²) in [7, 11) is -1.94. The van der Waals surface area contributed by atoms with Crippen LogP contribution in [0.1, 0.15) is 12.8 Å². The van der Waals surface area contributed by atoms with Gasteiger partial charge in [0.1, 0.15) is 0 Å². The minimum absolute atomic E-state index is 0.345. The second-order valence-electron chi connectivity index (χ2n) is 2.79. The molecular formula is C5H13N3O2S. The van der Waals surface area contributed by atoms with Crippen molar-refractivity contribution in [1.29, 1.82) is 0 Å². The number of hydrogen-bond donors (Lipinski definition) is 3. The van der Waals surface area contributed by atoms with E-state index >= 15 is 0 Å². The Morgan fingerprint density at radius 1 is 1.55 bits per heavy atom. The van der Waals surface area contributed by atoms with E-state index < -0.39 is 10.2 Å². The molecule has 0 saturated heterocycles. The molecule has 0 radical (unpaired) electrons. The molecule has 1 rings (SSSR count). The van der Waals surface area contributed by atoms with E-state index in [4.69, 9.17) is 5.73 Å². The molecule has 0 bridgehead atoms. The van der Waals surface area contributed by atoms with Crippen molar-refractivity contribution in [2.75, 3.05) is 13.6 Å². The van der Waals surface area contributed by atoms with Gasteiger partial charge in [-0.15, -0.1) is 0 Å². The zero-order valence-corrected chi connectivity index (χ0v) is 7.24. The molecule has 4 N–H and O–H groups in total. The van der Waals surface area contributed by atoms with Gasteiger partial charge in [0.15, 0.2) is 0 Å². The summed E-state index contributed by atoms with van der Waals surface area (Å²) in [5.41, 5.74) is 5.03. The minimum atomic E-state index is -3.31. The van der Waals surface area contributed by atoms with E-state index in [1.165, 1.54) is 7.05 Å². The van der Waals surface area contributed by atoms with Crippen molar-refractivity contribution in [3.05, 3.63) is 0 Å². The highest BCUT2D eigenvalue weighted by molar-refractivity contribution is 7.87. The van der Waals surface area contributed by atoms with E-state index in [0.717, 1.165) is 12.8 Å². The Kier molecular flexibility index (Phi) is 2.19. The smallest absolute Gasteiger partial charge is 0.277 e. The number of nitrogens with one attached hydrogen (secondary N) is 2. The third-order valence-corrected chi connectivity index (χ3v) is 3.10. The topological polar surface area (TPSA) is 84.2 Å². The van der Waals surface area contributed by atoms with Crippen molar-refractivity contribution < 1.29 is 8.42 Å². The summed E-state index contributed by atoms with van der Waals surface area (Å²) in [5.74, 6) is 0. The molecule has 6 heteroatoms. The molecule has 1 fully saturated rings. The first kappa shape index (κ1) is 8.92. The summed E-state index contributed by atoms with van der Waals surface area (Å²) in [6.07, 6.45) is 1.68. The zero-order chi connectivity index (χ0) is 8.54. The summed E-state index contributed by atoms with van der Waals surface area (Å²) in [6.45, 7) is 0.369. The van der Waals surface area contributed by atoms with Gasteiger partial charge in [-0.05, 0) is 12.8 Å². The average molecular weight is 179 g/mol. The third-order valence-electron chi connectivity index (χ3n) is 1.86. The molecular weight excluding hydrogens is 166 g/mol. The summed E-state index contributed by atoms with van der Waals surface area (Å²) in [6, 6.07) is 0. The van der Waals surface area contributed by atoms with E-state index in [-0.39, 0.29) is 5.54 Å². The molecule has 66 valence electrons. The van der Waals surface area contributed by atoms with E-state index in [1.54, 1.807) is 0 Å². The highest BCUT2D eigenvalue weighted by atomic mass is 32.2. The molecule has 0 aromatic rings. The van der Waals surface area contributed by atoms with Crippen LogP contribution >= 0.6 is 0 Å². The first-order valence-corrected chi connectivity index (χ1v) is 4.94. The van der Waals surface area contributed by atoms with Crippen molar-refractivity contribution in [2.24, 2.45) is 5.73 Å². The van der Waals surface area contributed by atoms with Gasteiger partial charge in [-0.1, -0.05) is 0 Å². The lowest BCUT2D eigenvalue weighted by molar-refractivity contribution is 0.537. The van der Waals surface area contributed by atoms with Gasteiger partial charge in [0.25, 0.3) is 10.2 Å². The Morgan fingerprint density at radius 3 is 2.36 bits per heavy atom. The Balaban J connectivity index is 2.55. The van der Waals surface area contributed by atoms with Gasteiger partial charge in [-0.3, -0.25) is 0 Å². The normalized spacial score (nSPS) is 21.6. The van der Waals surface area contributed by atoms with Gasteiger partial charge in [0.2, 0.25) is 0 Å². The molecule has 0 unspecified atom stereocenters. The fraction of sp³-hybridized carbons (Fsp3) is 1.00. The van der Waals surface area contributed by atoms with Crippen LogP contribution < -0.4 is 15.2 Å². The van der Waals surface area contributed by atoms with Crippen molar-refractivity contribution in [2.45, 2.75) is 18.4 Å². The molecule has 0 amide bonds. The van der Waals surface area contributed by atoms with Crippen LogP contribution in [0.15, 0.2) is 0 Å². The lowest BCUT2D eigenvalue weighted by Gasteiger charge is -2.13. The molecule has 1 saturated carbocycles. The maximum atomic E-state index is 10.9. The van der Waals surface area contributed by atoms with E-state index in [1.807, 2.05) is 0 Å². The monoisotopic (exact) mass is 179 g/mol. The van der Waals surface area contributed by atoms with Crippen LogP contribution in [0.2, 0.25) is 0 Å². The Hall–Kier alpha value is -0.170. The first-order chi connectivity index (χ1) is 5.04. The Bertz CT molecular complexity index is 232. The zero-order valence-electron chi connectivity index (χ0n) is 6.42. The number of rotatable bonds is 4. The number of hydrogen-bond acceptors (Lipinski definition) is 3. The standard InChI is InChI=1S/C5H13N3O2S/c1-7-11(9,10)8-5(4-6)2-3-5/h7-8H,2-4,6H2,1H3. The second kappa shape index (κ2) is 2.71. The lowest BCUT2D eigenvalue weighted by atomic mass is 10.3. The van der Waals surface area contributed by atoms with Gasteiger partial charge in [-0.2, -0.15) is 13.1 Å². The fourth-order valence-corrected chi connectivity index (χ4v) is 1.79. The second-order valence-corrected chi connectivity index (χ2v) is 4.41. The lowest BCUT2D eigenvalue weighted by Crippen LogP contribution is -2.46. The summed E-state index contributed by atoms with van der Waals surface area (Å²) >= 11 is 0. The molecule has 0 aromatic carbocycles. The van der Waals surface area contributed by atoms with Crippen LogP contribution in [0.4, 0.5) is 0 Å². The van der Waals surface area contributed by atoms with Crippen LogP contribution in [-0.4, -0.2) is 27.5 Å². The van der Waals surface area contributed by atoms with Crippen molar-refractivity contribution >= 4 is 10.2 Å². The molecule has 1 aliphatic rings. The minimum Gasteiger partial charge on any atom is -0.329 e. The van der Waals surface area contributed by atoms with Crippen LogP contribution in [0.3, 0.4) is 0 Å². The van der Waals surface area contributed by atoms with Crippen LogP contribution in [0.5, 0.6) is 0 Å². The Labute approximate surface area is 66.5 Å². The van der Waals surface area contributed by atoms with Crippen molar-refractivity contribution in [3.8, 4) is 0 Å². The third kappa shape index (κ3) is 2.13. The Morgan fingerprint density at radius 2 is 2.09 bits per heavy atom. The van der Waals surface area contributed by atoms with Crippen molar-refractivity contribution in [1.82, 2.24) is 9.44 Å². The maximum Gasteiger partial charge on any atom is 0.277 e. The van der Waals surface area contributed by atoms with E-state index in [0.29, 0.717) is 6.54 Å². The summed E-state index contributed by atoms with van der Waals surface area (Å²) in [4.78, 5) is 0. The summed E-state index contributed by atoms with van der Waals surface area (Å²) < 4.78 is 26.5. The predicted octanol–water partition coefficient (Wildman–Crippen LogP) is -1.47. The van der Waals surface area contributed by atoms with Gasteiger partial charge in [0, 0.05) is 19.1 Å².